The summed E-state index contributed by atoms with van der Waals surface area (Å²) in [7, 11) is 0. The number of hydrogen-bond acceptors (Lipinski definition) is 1. The molecule has 0 spiro atoms. The summed E-state index contributed by atoms with van der Waals surface area (Å²) in [4.78, 5) is 0. The van der Waals surface area contributed by atoms with Crippen LogP contribution in [0.3, 0.4) is 0 Å². The summed E-state index contributed by atoms with van der Waals surface area (Å²) in [6.45, 7) is 0. The Bertz CT molecular complexity index is 501. The van der Waals surface area contributed by atoms with Crippen molar-refractivity contribution in [1.29, 1.82) is 0 Å². The van der Waals surface area contributed by atoms with Crippen molar-refractivity contribution in [2.45, 2.75) is 31.7 Å². The lowest BCUT2D eigenvalue weighted by Gasteiger charge is -2.17. The average Bonchev–Trinajstić information content (AvgIpc) is 2.83. The van der Waals surface area contributed by atoms with Crippen LogP contribution in [0.1, 0.15) is 24.8 Å². The van der Waals surface area contributed by atoms with Crippen LogP contribution in [0.25, 0.3) is 0 Å². The van der Waals surface area contributed by atoms with E-state index in [4.69, 9.17) is 17.3 Å². The van der Waals surface area contributed by atoms with Gasteiger partial charge in [-0.05, 0) is 79.0 Å². The van der Waals surface area contributed by atoms with Gasteiger partial charge in [0.05, 0.1) is 0 Å². The highest BCUT2D eigenvalue weighted by molar-refractivity contribution is 6.31. The Kier molecular flexibility index (Phi) is 2.69. The molecule has 0 heterocycles. The van der Waals surface area contributed by atoms with Crippen LogP contribution < -0.4 is 5.73 Å². The van der Waals surface area contributed by atoms with Gasteiger partial charge in [-0.3, -0.25) is 0 Å². The maximum atomic E-state index is 13.3. The predicted octanol–water partition coefficient (Wildman–Crippen LogP) is 3.64. The van der Waals surface area contributed by atoms with Crippen molar-refractivity contribution < 1.29 is 4.39 Å². The third kappa shape index (κ3) is 1.84. The predicted molar refractivity (Wildman–Crippen MR) is 74.4 cm³/mol. The minimum absolute atomic E-state index is 0.151. The van der Waals surface area contributed by atoms with E-state index in [9.17, 15) is 4.39 Å². The average molecular weight is 280 g/mol. The summed E-state index contributed by atoms with van der Waals surface area (Å²) in [5, 5.41) is 0.644. The van der Waals surface area contributed by atoms with Gasteiger partial charge in [-0.25, -0.2) is 4.39 Å². The molecule has 5 atom stereocenters. The van der Waals surface area contributed by atoms with Gasteiger partial charge in [0.2, 0.25) is 0 Å². The van der Waals surface area contributed by atoms with E-state index in [1.165, 1.54) is 31.4 Å². The molecular weight excluding hydrogens is 261 g/mol. The van der Waals surface area contributed by atoms with E-state index in [0.717, 1.165) is 29.2 Å². The first kappa shape index (κ1) is 12.2. The molecule has 4 rings (SSSR count). The lowest BCUT2D eigenvalue weighted by Crippen LogP contribution is -2.28. The van der Waals surface area contributed by atoms with Crippen molar-refractivity contribution in [2.75, 3.05) is 0 Å². The van der Waals surface area contributed by atoms with Crippen LogP contribution in [0.2, 0.25) is 5.02 Å². The van der Waals surface area contributed by atoms with Gasteiger partial charge in [-0.15, -0.1) is 0 Å². The van der Waals surface area contributed by atoms with Gasteiger partial charge >= 0.3 is 0 Å². The zero-order chi connectivity index (χ0) is 13.1. The number of fused-ring (bicyclic) bond motifs is 5. The lowest BCUT2D eigenvalue weighted by molar-refractivity contribution is 0.409. The van der Waals surface area contributed by atoms with Crippen LogP contribution in [0.15, 0.2) is 18.2 Å². The topological polar surface area (TPSA) is 26.0 Å². The SMILES string of the molecule is NC(Cc1cc(F)ccc1Cl)C1C2C3CCC(C3)C12. The minimum Gasteiger partial charge on any atom is -0.327 e. The minimum atomic E-state index is -0.220. The Labute approximate surface area is 118 Å². The Morgan fingerprint density at radius 1 is 1.26 bits per heavy atom. The Hall–Kier alpha value is -0.600. The lowest BCUT2D eigenvalue weighted by atomic mass is 9.94. The molecule has 3 aliphatic carbocycles. The first-order valence-corrected chi connectivity index (χ1v) is 7.72. The number of rotatable bonds is 3. The molecule has 1 aromatic rings. The van der Waals surface area contributed by atoms with Gasteiger partial charge in [0.15, 0.2) is 0 Å². The van der Waals surface area contributed by atoms with Crippen molar-refractivity contribution in [3.05, 3.63) is 34.6 Å². The Morgan fingerprint density at radius 3 is 2.63 bits per heavy atom. The fourth-order valence-corrected chi connectivity index (χ4v) is 5.25. The second-order valence-electron chi connectivity index (χ2n) is 6.67. The molecule has 2 N–H and O–H groups in total. The molecule has 0 aliphatic heterocycles. The third-order valence-electron chi connectivity index (χ3n) is 5.75. The summed E-state index contributed by atoms with van der Waals surface area (Å²) in [5.74, 6) is 4.08. The first-order valence-electron chi connectivity index (χ1n) is 7.34. The van der Waals surface area contributed by atoms with Gasteiger partial charge in [-0.1, -0.05) is 11.6 Å². The maximum Gasteiger partial charge on any atom is 0.123 e. The largest absolute Gasteiger partial charge is 0.327 e. The second-order valence-corrected chi connectivity index (χ2v) is 7.08. The van der Waals surface area contributed by atoms with Crippen LogP contribution in [-0.4, -0.2) is 6.04 Å². The molecule has 0 radical (unpaired) electrons. The smallest absolute Gasteiger partial charge is 0.123 e. The highest BCUT2D eigenvalue weighted by atomic mass is 35.5. The highest BCUT2D eigenvalue weighted by Gasteiger charge is 2.65. The second kappa shape index (κ2) is 4.20. The number of halogens is 2. The Morgan fingerprint density at radius 2 is 1.95 bits per heavy atom. The summed E-state index contributed by atoms with van der Waals surface area (Å²) in [5.41, 5.74) is 7.26. The molecule has 0 amide bonds. The summed E-state index contributed by atoms with van der Waals surface area (Å²) in [6.07, 6.45) is 4.98. The first-order chi connectivity index (χ1) is 9.15. The van der Waals surface area contributed by atoms with E-state index in [0.29, 0.717) is 17.4 Å². The van der Waals surface area contributed by atoms with Gasteiger partial charge in [0.1, 0.15) is 5.82 Å². The highest BCUT2D eigenvalue weighted by Crippen LogP contribution is 2.70. The van der Waals surface area contributed by atoms with Gasteiger partial charge in [0.25, 0.3) is 0 Å². The zero-order valence-corrected chi connectivity index (χ0v) is 11.6. The van der Waals surface area contributed by atoms with Crippen LogP contribution >= 0.6 is 11.6 Å². The van der Waals surface area contributed by atoms with Gasteiger partial charge in [-0.2, -0.15) is 0 Å². The molecule has 3 fully saturated rings. The summed E-state index contributed by atoms with van der Waals surface area (Å²) in [6, 6.07) is 4.73. The van der Waals surface area contributed by atoms with Crippen LogP contribution in [0, 0.1) is 35.4 Å². The molecule has 2 bridgehead atoms. The fraction of sp³-hybridized carbons (Fsp3) is 0.625. The Balaban J connectivity index is 1.48. The molecule has 5 unspecified atom stereocenters. The van der Waals surface area contributed by atoms with Crippen molar-refractivity contribution in [3.63, 3.8) is 0 Å². The third-order valence-corrected chi connectivity index (χ3v) is 6.12. The molecule has 1 nitrogen and oxygen atoms in total. The van der Waals surface area contributed by atoms with E-state index >= 15 is 0 Å². The normalized spacial score (nSPS) is 40.3. The maximum absolute atomic E-state index is 13.3. The van der Waals surface area contributed by atoms with Crippen LogP contribution in [-0.2, 0) is 6.42 Å². The molecule has 3 heteroatoms. The van der Waals surface area contributed by atoms with E-state index in [2.05, 4.69) is 0 Å². The number of nitrogens with two attached hydrogens (primary N) is 1. The molecule has 102 valence electrons. The van der Waals surface area contributed by atoms with Gasteiger partial charge in [0, 0.05) is 11.1 Å². The standard InChI is InChI=1S/C16H19ClFN/c17-12-4-3-11(18)6-10(12)7-13(19)16-14-8-1-2-9(5-8)15(14)16/h3-4,6,8-9,13-16H,1-2,5,7,19H2. The van der Waals surface area contributed by atoms with Crippen molar-refractivity contribution >= 4 is 11.6 Å². The fourth-order valence-electron chi connectivity index (χ4n) is 5.05. The summed E-state index contributed by atoms with van der Waals surface area (Å²) >= 11 is 6.13. The summed E-state index contributed by atoms with van der Waals surface area (Å²) < 4.78 is 13.3. The molecule has 0 aromatic heterocycles. The molecule has 0 saturated heterocycles. The molecular formula is C16H19ClFN. The monoisotopic (exact) mass is 279 g/mol. The van der Waals surface area contributed by atoms with E-state index < -0.39 is 0 Å². The van der Waals surface area contributed by atoms with Gasteiger partial charge < -0.3 is 5.73 Å². The number of hydrogen-bond donors (Lipinski definition) is 1. The van der Waals surface area contributed by atoms with Crippen LogP contribution in [0.4, 0.5) is 4.39 Å². The molecule has 3 saturated carbocycles. The zero-order valence-electron chi connectivity index (χ0n) is 10.9. The quantitative estimate of drug-likeness (QED) is 0.898. The van der Waals surface area contributed by atoms with E-state index in [1.807, 2.05) is 0 Å². The molecule has 1 aromatic carbocycles. The molecule has 19 heavy (non-hydrogen) atoms. The number of benzene rings is 1. The van der Waals surface area contributed by atoms with E-state index in [-0.39, 0.29) is 11.9 Å². The van der Waals surface area contributed by atoms with Crippen LogP contribution in [0.5, 0.6) is 0 Å². The van der Waals surface area contributed by atoms with Crippen molar-refractivity contribution in [2.24, 2.45) is 35.3 Å². The molecule has 3 aliphatic rings. The van der Waals surface area contributed by atoms with E-state index in [1.54, 1.807) is 6.07 Å². The van der Waals surface area contributed by atoms with Crippen molar-refractivity contribution in [1.82, 2.24) is 0 Å². The van der Waals surface area contributed by atoms with Crippen molar-refractivity contribution in [3.8, 4) is 0 Å².